The van der Waals surface area contributed by atoms with Crippen molar-refractivity contribution in [3.8, 4) is 0 Å². The second-order valence-electron chi connectivity index (χ2n) is 26.8. The Balaban J connectivity index is 1.04. The third kappa shape index (κ3) is 22.4. The van der Waals surface area contributed by atoms with Crippen LogP contribution >= 0.6 is 0 Å². The third-order valence-corrected chi connectivity index (χ3v) is 17.9. The largest absolute Gasteiger partial charge is 0.454 e. The maximum atomic E-state index is 14.3. The van der Waals surface area contributed by atoms with Crippen molar-refractivity contribution in [3.05, 3.63) is 300 Å². The molecule has 15 atom stereocenters. The van der Waals surface area contributed by atoms with Crippen molar-refractivity contribution in [2.24, 2.45) is 5.41 Å². The van der Waals surface area contributed by atoms with Gasteiger partial charge in [-0.2, -0.15) is 0 Å². The van der Waals surface area contributed by atoms with E-state index in [9.17, 15) is 4.79 Å². The predicted octanol–water partition coefficient (Wildman–Crippen LogP) is 14.5. The van der Waals surface area contributed by atoms with Gasteiger partial charge in [-0.05, 0) is 78.1 Å². The molecule has 0 spiro atoms. The van der Waals surface area contributed by atoms with Gasteiger partial charge in [-0.15, -0.1) is 6.58 Å². The van der Waals surface area contributed by atoms with Crippen LogP contribution in [0.15, 0.2) is 255 Å². The molecule has 0 saturated carbocycles. The molecule has 0 N–H and O–H groups in total. The molecule has 0 unspecified atom stereocenters. The van der Waals surface area contributed by atoms with E-state index in [-0.39, 0.29) is 79.3 Å². The van der Waals surface area contributed by atoms with E-state index >= 15 is 0 Å². The zero-order valence-corrected chi connectivity index (χ0v) is 58.9. The summed E-state index contributed by atoms with van der Waals surface area (Å²) in [5.41, 5.74) is 6.46. The highest BCUT2D eigenvalue weighted by molar-refractivity contribution is 5.75. The smallest absolute Gasteiger partial charge is 0.311 e. The van der Waals surface area contributed by atoms with Crippen molar-refractivity contribution >= 4 is 5.97 Å². The maximum absolute atomic E-state index is 14.3. The number of hydrogen-bond acceptors (Lipinski definition) is 17. The lowest BCUT2D eigenvalue weighted by Crippen LogP contribution is -2.68. The van der Waals surface area contributed by atoms with Crippen molar-refractivity contribution in [2.75, 3.05) is 33.5 Å². The summed E-state index contributed by atoms with van der Waals surface area (Å²) >= 11 is 0. The summed E-state index contributed by atoms with van der Waals surface area (Å²) in [7, 11) is 1.51. The number of carbonyl (C=O) groups is 1. The Morgan fingerprint density at radius 2 is 0.627 bits per heavy atom. The molecule has 3 fully saturated rings. The van der Waals surface area contributed by atoms with Gasteiger partial charge >= 0.3 is 5.97 Å². The van der Waals surface area contributed by atoms with Crippen molar-refractivity contribution in [3.63, 3.8) is 0 Å². The van der Waals surface area contributed by atoms with E-state index in [0.717, 1.165) is 44.5 Å². The second kappa shape index (κ2) is 39.9. The summed E-state index contributed by atoms with van der Waals surface area (Å²) in [5.74, 6) is -0.505. The van der Waals surface area contributed by atoms with Gasteiger partial charge < -0.3 is 75.8 Å². The maximum Gasteiger partial charge on any atom is 0.311 e. The Bertz CT molecular complexity index is 3620. The summed E-state index contributed by atoms with van der Waals surface area (Å²) in [6, 6.07) is 79.4. The summed E-state index contributed by atoms with van der Waals surface area (Å²) < 4.78 is 114. The van der Waals surface area contributed by atoms with E-state index in [0.29, 0.717) is 12.8 Å². The van der Waals surface area contributed by atoms with Gasteiger partial charge in [-0.3, -0.25) is 4.79 Å². The van der Waals surface area contributed by atoms with Gasteiger partial charge in [0.15, 0.2) is 25.0 Å². The Hall–Kier alpha value is -7.63. The van der Waals surface area contributed by atoms with Crippen molar-refractivity contribution in [1.82, 2.24) is 0 Å². The summed E-state index contributed by atoms with van der Waals surface area (Å²) in [6.07, 6.45) is -12.7. The highest BCUT2D eigenvalue weighted by Gasteiger charge is 2.58. The zero-order valence-electron chi connectivity index (χ0n) is 58.9. The van der Waals surface area contributed by atoms with Gasteiger partial charge in [0.25, 0.3) is 0 Å². The molecule has 102 heavy (non-hydrogen) atoms. The number of unbranched alkanes of at least 4 members (excludes halogenated alkanes) is 1. The van der Waals surface area contributed by atoms with E-state index in [1.165, 1.54) is 7.11 Å². The van der Waals surface area contributed by atoms with Crippen LogP contribution < -0.4 is 0 Å². The zero-order chi connectivity index (χ0) is 70.6. The molecule has 3 heterocycles. The molecule has 3 aliphatic rings. The van der Waals surface area contributed by atoms with Crippen LogP contribution in [0.25, 0.3) is 0 Å². The molecule has 0 aromatic heterocycles. The van der Waals surface area contributed by atoms with Crippen LogP contribution in [0.2, 0.25) is 0 Å². The molecule has 0 amide bonds. The lowest BCUT2D eigenvalue weighted by Gasteiger charge is -2.51. The molecule has 3 saturated heterocycles. The topological polar surface area (TPSA) is 165 Å². The summed E-state index contributed by atoms with van der Waals surface area (Å²) in [4.78, 5) is 14.3. The molecule has 3 aliphatic heterocycles. The number of hydrogen-bond donors (Lipinski definition) is 0. The fourth-order valence-electron chi connectivity index (χ4n) is 12.5. The third-order valence-electron chi connectivity index (χ3n) is 17.9. The van der Waals surface area contributed by atoms with E-state index in [1.54, 1.807) is 20.8 Å². The van der Waals surface area contributed by atoms with Gasteiger partial charge in [0, 0.05) is 13.7 Å². The van der Waals surface area contributed by atoms with Crippen molar-refractivity contribution < 1.29 is 80.6 Å². The van der Waals surface area contributed by atoms with Crippen LogP contribution in [0.3, 0.4) is 0 Å². The minimum atomic E-state index is -1.32. The fraction of sp³-hybridized carbons (Fsp3) is 0.400. The monoisotopic (exact) mass is 1390 g/mol. The first-order chi connectivity index (χ1) is 50.1. The van der Waals surface area contributed by atoms with Crippen LogP contribution in [-0.4, -0.2) is 132 Å². The Labute approximate surface area is 601 Å². The molecule has 17 nitrogen and oxygen atoms in total. The first-order valence-corrected chi connectivity index (χ1v) is 35.4. The molecule has 540 valence electrons. The Kier molecular flexibility index (Phi) is 29.5. The molecular weight excluding hydrogens is 1290 g/mol. The predicted molar refractivity (Wildman–Crippen MR) is 385 cm³/mol. The van der Waals surface area contributed by atoms with Gasteiger partial charge in [0.2, 0.25) is 0 Å². The number of ether oxygens (including phenoxy) is 16. The lowest BCUT2D eigenvalue weighted by molar-refractivity contribution is -0.392. The molecule has 8 aromatic rings. The average Bonchev–Trinajstić information content (AvgIpc) is 0.766. The Morgan fingerprint density at radius 3 is 0.951 bits per heavy atom. The summed E-state index contributed by atoms with van der Waals surface area (Å²) in [5, 5.41) is 0. The van der Waals surface area contributed by atoms with E-state index < -0.39 is 104 Å². The highest BCUT2D eigenvalue weighted by Crippen LogP contribution is 2.40. The average molecular weight is 1390 g/mol. The SMILES string of the molecule is C=CCCCO[C@H]1[C@H](O[C@H]2[C@H](OCc3ccccc3)[C@@H](OC(=O)C(C)(C)C)[C@H](OC)O[C@@H]2COCc2ccccc2)O[C@H](COCc2ccccc2)[C@H](O[C@H]2O[C@H](COCc3ccccc3)[C@H](OCc3ccccc3)[C@H](OCc3ccccc3)[C@H]2OCc2ccccc2)[C@@H]1OCc1ccccc1. The van der Waals surface area contributed by atoms with Gasteiger partial charge in [-0.25, -0.2) is 0 Å². The molecule has 0 aliphatic carbocycles. The molecule has 0 bridgehead atoms. The lowest BCUT2D eigenvalue weighted by atomic mass is 9.94. The minimum Gasteiger partial charge on any atom is -0.454 e. The number of carbonyl (C=O) groups excluding carboxylic acids is 1. The number of benzene rings is 8. The number of esters is 1. The highest BCUT2D eigenvalue weighted by atomic mass is 16.8. The first-order valence-electron chi connectivity index (χ1n) is 35.4. The molecular formula is C85H98O17. The van der Waals surface area contributed by atoms with Crippen LogP contribution in [0.5, 0.6) is 0 Å². The normalized spacial score (nSPS) is 25.2. The van der Waals surface area contributed by atoms with Gasteiger partial charge in [0.05, 0.1) is 78.1 Å². The van der Waals surface area contributed by atoms with Crippen LogP contribution in [-0.2, 0) is 133 Å². The van der Waals surface area contributed by atoms with E-state index in [2.05, 4.69) is 6.58 Å². The van der Waals surface area contributed by atoms with E-state index in [4.69, 9.17) is 75.8 Å². The van der Waals surface area contributed by atoms with Gasteiger partial charge in [-0.1, -0.05) is 249 Å². The fourth-order valence-corrected chi connectivity index (χ4v) is 12.5. The van der Waals surface area contributed by atoms with Gasteiger partial charge in [0.1, 0.15) is 67.1 Å². The minimum absolute atomic E-state index is 0.0192. The number of rotatable bonds is 38. The second-order valence-corrected chi connectivity index (χ2v) is 26.8. The summed E-state index contributed by atoms with van der Waals surface area (Å²) in [6.45, 7) is 11.1. The molecule has 11 rings (SSSR count). The molecule has 17 heteroatoms. The van der Waals surface area contributed by atoms with E-state index in [1.807, 2.05) is 249 Å². The van der Waals surface area contributed by atoms with Crippen LogP contribution in [0.1, 0.15) is 78.1 Å². The van der Waals surface area contributed by atoms with Crippen LogP contribution in [0, 0.1) is 5.41 Å². The number of methoxy groups -OCH3 is 1. The standard InChI is InChI=1S/C85H98O17/c1-6-7-32-49-91-78-76(94-55-66-43-26-13-27-44-66)73(100-83-79(96-57-68-47-30-15-31-48-68)75(93-54-65-41-24-12-25-42-65)72(92-53-64-39-22-11-23-40-64)69(98-83)58-88-50-61-33-16-8-17-34-61)71(60-90-52-63-37-20-10-21-38-63)99-82(78)101-74-70(59-89-51-62-35-18-9-19-36-62)97-81(87-5)80(102-84(86)85(2,3)4)77(74)95-56-67-45-28-14-29-46-67/h6,8-31,33-48,69-83H,1,7,32,49-60H2,2-5H3/t69-,70-,71-,72+,73+,74-,75+,76+,77+,78-,79-,80-,81-,82+,83-/m1/s1. The number of allylic oxidation sites excluding steroid dienone is 1. The Morgan fingerprint density at radius 1 is 0.353 bits per heavy atom. The first kappa shape index (κ1) is 75.5. The quantitative estimate of drug-likeness (QED) is 0.0204. The van der Waals surface area contributed by atoms with Crippen molar-refractivity contribution in [1.29, 1.82) is 0 Å². The molecule has 0 radical (unpaired) electrons. The van der Waals surface area contributed by atoms with Crippen LogP contribution in [0.4, 0.5) is 0 Å². The van der Waals surface area contributed by atoms with Crippen molar-refractivity contribution in [2.45, 2.75) is 179 Å². The molecule has 8 aromatic carbocycles.